The number of halogens is 2. The Morgan fingerprint density at radius 3 is 2.61 bits per heavy atom. The number of thiophene rings is 1. The summed E-state index contributed by atoms with van der Waals surface area (Å²) < 4.78 is 26.6. The second kappa shape index (κ2) is 10.8. The molecular weight excluding hydrogens is 546 g/mol. The van der Waals surface area contributed by atoms with Crippen molar-refractivity contribution in [3.63, 3.8) is 0 Å². The number of rotatable bonds is 7. The zero-order valence-electron chi connectivity index (χ0n) is 19.0. The number of aromatic nitrogens is 1. The van der Waals surface area contributed by atoms with E-state index < -0.39 is 10.0 Å². The van der Waals surface area contributed by atoms with E-state index in [1.807, 2.05) is 11.3 Å². The lowest BCUT2D eigenvalue weighted by Gasteiger charge is -2.47. The summed E-state index contributed by atoms with van der Waals surface area (Å²) in [6.45, 7) is 8.30. The van der Waals surface area contributed by atoms with Crippen LogP contribution in [0.15, 0.2) is 28.2 Å². The van der Waals surface area contributed by atoms with Gasteiger partial charge in [-0.15, -0.1) is 11.3 Å². The first kappa shape index (κ1) is 25.2. The predicted molar refractivity (Wildman–Crippen MR) is 141 cm³/mol. The Morgan fingerprint density at radius 2 is 2.00 bits per heavy atom. The number of nitrogens with one attached hydrogen (secondary N) is 1. The Hall–Kier alpha value is -0.910. The van der Waals surface area contributed by atoms with Gasteiger partial charge in [0.15, 0.2) is 0 Å². The van der Waals surface area contributed by atoms with E-state index in [1.165, 1.54) is 28.4 Å². The Kier molecular flexibility index (Phi) is 8.23. The van der Waals surface area contributed by atoms with Crippen LogP contribution in [0.2, 0.25) is 5.02 Å². The van der Waals surface area contributed by atoms with Crippen molar-refractivity contribution < 1.29 is 8.42 Å². The molecule has 4 rings (SSSR count). The minimum atomic E-state index is -3.36. The van der Waals surface area contributed by atoms with Gasteiger partial charge in [-0.1, -0.05) is 18.5 Å². The van der Waals surface area contributed by atoms with Crippen molar-refractivity contribution in [2.24, 2.45) is 0 Å². The van der Waals surface area contributed by atoms with Crippen molar-refractivity contribution in [2.45, 2.75) is 44.8 Å². The monoisotopic (exact) mass is 575 g/mol. The molecule has 0 aromatic carbocycles. The van der Waals surface area contributed by atoms with E-state index in [2.05, 4.69) is 58.7 Å². The van der Waals surface area contributed by atoms with Crippen molar-refractivity contribution in [2.75, 3.05) is 48.6 Å². The summed E-state index contributed by atoms with van der Waals surface area (Å²) in [4.78, 5) is 13.4. The second-order valence-corrected chi connectivity index (χ2v) is 13.0. The number of likely N-dealkylation sites (tertiary alicyclic amines) is 1. The van der Waals surface area contributed by atoms with E-state index in [0.717, 1.165) is 57.8 Å². The highest BCUT2D eigenvalue weighted by atomic mass is 79.9. The molecule has 0 saturated carbocycles. The maximum atomic E-state index is 11.5. The Labute approximate surface area is 214 Å². The predicted octanol–water partition coefficient (Wildman–Crippen LogP) is 4.50. The molecule has 0 radical (unpaired) electrons. The third kappa shape index (κ3) is 6.61. The van der Waals surface area contributed by atoms with Crippen molar-refractivity contribution in [1.82, 2.24) is 14.8 Å². The first-order valence-electron chi connectivity index (χ1n) is 11.3. The highest BCUT2D eigenvalue weighted by Gasteiger charge is 2.34. The minimum absolute atomic E-state index is 0.388. The van der Waals surface area contributed by atoms with Crippen molar-refractivity contribution in [1.29, 1.82) is 0 Å². The van der Waals surface area contributed by atoms with Crippen LogP contribution >= 0.6 is 38.9 Å². The summed E-state index contributed by atoms with van der Waals surface area (Å²) in [6, 6.07) is 4.94. The quantitative estimate of drug-likeness (QED) is 0.524. The molecule has 4 heterocycles. The fraction of sp³-hybridized carbons (Fsp3) is 0.591. The Morgan fingerprint density at radius 1 is 1.24 bits per heavy atom. The van der Waals surface area contributed by atoms with E-state index in [4.69, 9.17) is 11.6 Å². The maximum absolute atomic E-state index is 11.5. The van der Waals surface area contributed by atoms with Crippen molar-refractivity contribution in [3.8, 4) is 0 Å². The summed E-state index contributed by atoms with van der Waals surface area (Å²) in [5.74, 6) is 0.728. The summed E-state index contributed by atoms with van der Waals surface area (Å²) >= 11 is 11.9. The molecule has 2 aliphatic heterocycles. The van der Waals surface area contributed by atoms with Gasteiger partial charge in [-0.2, -0.15) is 0 Å². The zero-order valence-corrected chi connectivity index (χ0v) is 23.0. The number of nitrogens with zero attached hydrogens (tertiary/aromatic N) is 4. The molecule has 0 unspecified atom stereocenters. The first-order valence-corrected chi connectivity index (χ1v) is 15.3. The molecule has 2 aromatic heterocycles. The van der Waals surface area contributed by atoms with Gasteiger partial charge in [-0.3, -0.25) is 14.5 Å². The van der Waals surface area contributed by atoms with Gasteiger partial charge in [-0.25, -0.2) is 13.4 Å². The molecule has 1 N–H and O–H groups in total. The fourth-order valence-corrected chi connectivity index (χ4v) is 7.22. The SMILES string of the molecule is CC[C@H]1CN(c2ncc(NS(C)(=O)=O)cc2Cl)CCN1C1CCN(Cc2cc(Br)cs2)CC1. The summed E-state index contributed by atoms with van der Waals surface area (Å²) in [5.41, 5.74) is 0.388. The van der Waals surface area contributed by atoms with Crippen LogP contribution in [-0.4, -0.2) is 74.3 Å². The molecule has 2 aliphatic rings. The van der Waals surface area contributed by atoms with Crippen LogP contribution in [0, 0.1) is 0 Å². The van der Waals surface area contributed by atoms with Crippen LogP contribution in [0.3, 0.4) is 0 Å². The van der Waals surface area contributed by atoms with E-state index >= 15 is 0 Å². The normalized spacial score (nSPS) is 21.5. The third-order valence-corrected chi connectivity index (χ3v) is 9.02. The molecule has 2 fully saturated rings. The van der Waals surface area contributed by atoms with E-state index in [1.54, 1.807) is 6.07 Å². The summed E-state index contributed by atoms with van der Waals surface area (Å²) in [7, 11) is -3.36. The number of hydrogen-bond acceptors (Lipinski definition) is 7. The van der Waals surface area contributed by atoms with Gasteiger partial charge in [0.2, 0.25) is 10.0 Å². The van der Waals surface area contributed by atoms with Gasteiger partial charge < -0.3 is 4.90 Å². The van der Waals surface area contributed by atoms with Crippen molar-refractivity contribution in [3.05, 3.63) is 38.1 Å². The molecule has 2 saturated heterocycles. The molecule has 2 aromatic rings. The number of hydrogen-bond donors (Lipinski definition) is 1. The topological polar surface area (TPSA) is 68.8 Å². The average Bonchev–Trinajstić information content (AvgIpc) is 3.17. The molecule has 11 heteroatoms. The molecule has 7 nitrogen and oxygen atoms in total. The lowest BCUT2D eigenvalue weighted by atomic mass is 9.98. The standard InChI is InChI=1S/C22H31BrClN5O2S2/c1-3-18-13-28(22-21(24)11-17(12-25-22)26-33(2,30)31)8-9-29(18)19-4-6-27(7-5-19)14-20-10-16(23)15-32-20/h10-12,15,18-19,26H,3-9,13-14H2,1-2H3/t18-/m0/s1. The highest BCUT2D eigenvalue weighted by molar-refractivity contribution is 9.10. The van der Waals surface area contributed by atoms with E-state index in [-0.39, 0.29) is 0 Å². The van der Waals surface area contributed by atoms with Crippen LogP contribution in [0.4, 0.5) is 11.5 Å². The van der Waals surface area contributed by atoms with Gasteiger partial charge in [0.1, 0.15) is 5.82 Å². The van der Waals surface area contributed by atoms with Gasteiger partial charge >= 0.3 is 0 Å². The number of pyridine rings is 1. The molecule has 0 aliphatic carbocycles. The zero-order chi connectivity index (χ0) is 23.6. The summed E-state index contributed by atoms with van der Waals surface area (Å²) in [6.07, 6.45) is 6.14. The first-order chi connectivity index (χ1) is 15.7. The third-order valence-electron chi connectivity index (χ3n) is 6.45. The molecular formula is C22H31BrClN5O2S2. The van der Waals surface area contributed by atoms with Gasteiger partial charge in [-0.05, 0) is 47.3 Å². The van der Waals surface area contributed by atoms with Gasteiger partial charge in [0.05, 0.1) is 23.2 Å². The van der Waals surface area contributed by atoms with E-state index in [0.29, 0.717) is 22.8 Å². The Bertz CT molecular complexity index is 1060. The molecule has 33 heavy (non-hydrogen) atoms. The Balaban J connectivity index is 1.34. The van der Waals surface area contributed by atoms with E-state index in [9.17, 15) is 8.42 Å². The van der Waals surface area contributed by atoms with Crippen molar-refractivity contribution >= 4 is 60.4 Å². The second-order valence-electron chi connectivity index (χ2n) is 8.89. The van der Waals surface area contributed by atoms with Crippen LogP contribution < -0.4 is 9.62 Å². The van der Waals surface area contributed by atoms with Gasteiger partial charge in [0, 0.05) is 66.1 Å². The van der Waals surface area contributed by atoms with Gasteiger partial charge in [0.25, 0.3) is 0 Å². The van der Waals surface area contributed by atoms with Crippen LogP contribution in [0.1, 0.15) is 31.1 Å². The average molecular weight is 577 g/mol. The summed E-state index contributed by atoms with van der Waals surface area (Å²) in [5, 5.41) is 2.63. The molecule has 182 valence electrons. The lowest BCUT2D eigenvalue weighted by Crippen LogP contribution is -2.58. The number of piperidine rings is 1. The largest absolute Gasteiger partial charge is 0.353 e. The lowest BCUT2D eigenvalue weighted by molar-refractivity contribution is 0.0613. The number of sulfonamides is 1. The molecule has 0 amide bonds. The van der Waals surface area contributed by atoms with Crippen LogP contribution in [0.5, 0.6) is 0 Å². The number of anilines is 2. The fourth-order valence-electron chi connectivity index (χ4n) is 4.91. The molecule has 0 bridgehead atoms. The smallest absolute Gasteiger partial charge is 0.229 e. The number of piperazine rings is 1. The highest BCUT2D eigenvalue weighted by Crippen LogP contribution is 2.31. The molecule has 0 spiro atoms. The minimum Gasteiger partial charge on any atom is -0.353 e. The molecule has 1 atom stereocenters. The van der Waals surface area contributed by atoms with Crippen LogP contribution in [0.25, 0.3) is 0 Å². The maximum Gasteiger partial charge on any atom is 0.229 e. The van der Waals surface area contributed by atoms with Crippen LogP contribution in [-0.2, 0) is 16.6 Å².